The molecule has 0 spiro atoms. The number of methoxy groups -OCH3 is 1. The minimum atomic E-state index is -3.85. The second-order valence-electron chi connectivity index (χ2n) is 9.64. The predicted molar refractivity (Wildman–Crippen MR) is 159 cm³/mol. The van der Waals surface area contributed by atoms with Crippen molar-refractivity contribution in [3.63, 3.8) is 0 Å². The Morgan fingerprint density at radius 3 is 2.20 bits per heavy atom. The molecule has 0 saturated carbocycles. The van der Waals surface area contributed by atoms with Crippen molar-refractivity contribution >= 4 is 39.1 Å². The molecule has 0 bridgehead atoms. The van der Waals surface area contributed by atoms with E-state index in [2.05, 4.69) is 5.32 Å². The fourth-order valence-electron chi connectivity index (χ4n) is 4.19. The minimum absolute atomic E-state index is 0.0605. The zero-order valence-corrected chi connectivity index (χ0v) is 24.8. The topological polar surface area (TPSA) is 96.0 Å². The van der Waals surface area contributed by atoms with Crippen LogP contribution in [-0.4, -0.2) is 57.1 Å². The molecule has 0 fully saturated rings. The second kappa shape index (κ2) is 14.2. The quantitative estimate of drug-likeness (QED) is 0.314. The number of benzene rings is 3. The first kappa shape index (κ1) is 31.0. The molecule has 0 heterocycles. The highest BCUT2D eigenvalue weighted by atomic mass is 35.5. The van der Waals surface area contributed by atoms with Gasteiger partial charge in [0.2, 0.25) is 21.8 Å². The number of carbonyl (C=O) groups excluding carboxylic acids is 2. The van der Waals surface area contributed by atoms with Gasteiger partial charge in [-0.1, -0.05) is 61.0 Å². The fraction of sp³-hybridized carbons (Fsp3) is 0.333. The third-order valence-electron chi connectivity index (χ3n) is 6.55. The number of sulfonamides is 1. The number of nitrogens with one attached hydrogen (secondary N) is 1. The molecule has 3 aromatic carbocycles. The van der Waals surface area contributed by atoms with Crippen LogP contribution in [0.5, 0.6) is 5.75 Å². The molecule has 3 rings (SSSR count). The van der Waals surface area contributed by atoms with Crippen molar-refractivity contribution in [2.24, 2.45) is 0 Å². The zero-order chi connectivity index (χ0) is 29.3. The Kier molecular flexibility index (Phi) is 11.0. The Labute approximate surface area is 241 Å². The van der Waals surface area contributed by atoms with Crippen LogP contribution in [0.15, 0.2) is 78.9 Å². The van der Waals surface area contributed by atoms with E-state index in [1.807, 2.05) is 50.2 Å². The molecular formula is C30H36ClN3O5S. The normalized spacial score (nSPS) is 12.7. The summed E-state index contributed by atoms with van der Waals surface area (Å²) in [6, 6.07) is 21.8. The van der Waals surface area contributed by atoms with Gasteiger partial charge in [-0.15, -0.1) is 0 Å². The van der Waals surface area contributed by atoms with Gasteiger partial charge in [0.1, 0.15) is 18.3 Å². The molecule has 1 N–H and O–H groups in total. The van der Waals surface area contributed by atoms with Gasteiger partial charge in [0.05, 0.1) is 19.1 Å². The Bertz CT molecular complexity index is 1380. The molecular weight excluding hydrogens is 550 g/mol. The number of hydrogen-bond acceptors (Lipinski definition) is 5. The van der Waals surface area contributed by atoms with Gasteiger partial charge in [0, 0.05) is 24.0 Å². The van der Waals surface area contributed by atoms with E-state index in [0.717, 1.165) is 16.1 Å². The van der Waals surface area contributed by atoms with Crippen LogP contribution in [0.25, 0.3) is 0 Å². The molecule has 0 unspecified atom stereocenters. The first-order valence-corrected chi connectivity index (χ1v) is 15.2. The maximum Gasteiger partial charge on any atom is 0.244 e. The standard InChI is InChI=1S/C30H36ClN3O5S/c1-5-22(2)32-30(36)28(19-23-10-7-6-8-11-23)33(20-24-12-9-13-25(31)18-24)29(35)21-34(40(4,37)38)26-14-16-27(39-3)17-15-26/h6-18,22,28H,5,19-21H2,1-4H3,(H,32,36)/t22-,28-/m1/s1. The number of anilines is 1. The molecule has 0 aliphatic rings. The summed E-state index contributed by atoms with van der Waals surface area (Å²) in [5, 5.41) is 3.50. The number of carbonyl (C=O) groups is 2. The van der Waals surface area contributed by atoms with Crippen LogP contribution in [0.4, 0.5) is 5.69 Å². The van der Waals surface area contributed by atoms with Gasteiger partial charge in [0.25, 0.3) is 0 Å². The SMILES string of the molecule is CC[C@@H](C)NC(=O)[C@@H](Cc1ccccc1)N(Cc1cccc(Cl)c1)C(=O)CN(c1ccc(OC)cc1)S(C)(=O)=O. The van der Waals surface area contributed by atoms with Gasteiger partial charge in [-0.3, -0.25) is 13.9 Å². The first-order valence-electron chi connectivity index (χ1n) is 13.0. The van der Waals surface area contributed by atoms with Gasteiger partial charge in [0.15, 0.2) is 0 Å². The molecule has 2 amide bonds. The van der Waals surface area contributed by atoms with Crippen molar-refractivity contribution in [2.75, 3.05) is 24.2 Å². The summed E-state index contributed by atoms with van der Waals surface area (Å²) in [4.78, 5) is 29.2. The molecule has 214 valence electrons. The molecule has 10 heteroatoms. The third kappa shape index (κ3) is 8.72. The molecule has 0 aromatic heterocycles. The highest BCUT2D eigenvalue weighted by molar-refractivity contribution is 7.92. The average Bonchev–Trinajstić information content (AvgIpc) is 2.93. The van der Waals surface area contributed by atoms with Gasteiger partial charge in [-0.05, 0) is 60.9 Å². The van der Waals surface area contributed by atoms with Crippen molar-refractivity contribution < 1.29 is 22.7 Å². The van der Waals surface area contributed by atoms with Crippen molar-refractivity contribution in [3.8, 4) is 5.75 Å². The molecule has 0 aliphatic heterocycles. The van der Waals surface area contributed by atoms with Gasteiger partial charge in [-0.25, -0.2) is 8.42 Å². The van der Waals surface area contributed by atoms with E-state index in [9.17, 15) is 18.0 Å². The number of amides is 2. The maximum absolute atomic E-state index is 14.1. The van der Waals surface area contributed by atoms with Crippen molar-refractivity contribution in [1.82, 2.24) is 10.2 Å². The first-order chi connectivity index (χ1) is 19.0. The molecule has 0 aliphatic carbocycles. The van der Waals surface area contributed by atoms with E-state index < -0.39 is 28.5 Å². The van der Waals surface area contributed by atoms with Crippen LogP contribution >= 0.6 is 11.6 Å². The number of rotatable bonds is 13. The number of hydrogen-bond donors (Lipinski definition) is 1. The second-order valence-corrected chi connectivity index (χ2v) is 12.0. The Balaban J connectivity index is 2.05. The summed E-state index contributed by atoms with van der Waals surface area (Å²) in [5.41, 5.74) is 1.89. The maximum atomic E-state index is 14.1. The smallest absolute Gasteiger partial charge is 0.244 e. The molecule has 2 atom stereocenters. The van der Waals surface area contributed by atoms with Crippen molar-refractivity contribution in [1.29, 1.82) is 0 Å². The van der Waals surface area contributed by atoms with E-state index in [1.165, 1.54) is 12.0 Å². The Morgan fingerprint density at radius 1 is 0.975 bits per heavy atom. The monoisotopic (exact) mass is 585 g/mol. The average molecular weight is 586 g/mol. The Hall–Kier alpha value is -3.56. The van der Waals surface area contributed by atoms with E-state index in [-0.39, 0.29) is 24.9 Å². The highest BCUT2D eigenvalue weighted by Crippen LogP contribution is 2.23. The number of ether oxygens (including phenoxy) is 1. The lowest BCUT2D eigenvalue weighted by Crippen LogP contribution is -2.54. The Morgan fingerprint density at radius 2 is 1.62 bits per heavy atom. The molecule has 0 saturated heterocycles. The third-order valence-corrected chi connectivity index (χ3v) is 7.93. The van der Waals surface area contributed by atoms with Gasteiger partial charge in [-0.2, -0.15) is 0 Å². The minimum Gasteiger partial charge on any atom is -0.497 e. The van der Waals surface area contributed by atoms with Gasteiger partial charge < -0.3 is 15.0 Å². The molecule has 40 heavy (non-hydrogen) atoms. The molecule has 8 nitrogen and oxygen atoms in total. The summed E-state index contributed by atoms with van der Waals surface area (Å²) in [5.74, 6) is -0.291. The van der Waals surface area contributed by atoms with Crippen LogP contribution < -0.4 is 14.4 Å². The van der Waals surface area contributed by atoms with E-state index >= 15 is 0 Å². The fourth-order valence-corrected chi connectivity index (χ4v) is 5.25. The summed E-state index contributed by atoms with van der Waals surface area (Å²) in [6.07, 6.45) is 2.01. The molecule has 3 aromatic rings. The zero-order valence-electron chi connectivity index (χ0n) is 23.2. The van der Waals surface area contributed by atoms with Crippen LogP contribution in [0.3, 0.4) is 0 Å². The summed E-state index contributed by atoms with van der Waals surface area (Å²) in [7, 11) is -2.34. The van der Waals surface area contributed by atoms with E-state index in [1.54, 1.807) is 42.5 Å². The van der Waals surface area contributed by atoms with E-state index in [4.69, 9.17) is 16.3 Å². The van der Waals surface area contributed by atoms with Crippen molar-refractivity contribution in [3.05, 3.63) is 95.0 Å². The predicted octanol–water partition coefficient (Wildman–Crippen LogP) is 4.67. The number of nitrogens with zero attached hydrogens (tertiary/aromatic N) is 2. The largest absolute Gasteiger partial charge is 0.497 e. The lowest BCUT2D eigenvalue weighted by molar-refractivity contribution is -0.140. The highest BCUT2D eigenvalue weighted by Gasteiger charge is 2.33. The van der Waals surface area contributed by atoms with Gasteiger partial charge >= 0.3 is 0 Å². The van der Waals surface area contributed by atoms with Crippen LogP contribution in [0.2, 0.25) is 5.02 Å². The summed E-state index contributed by atoms with van der Waals surface area (Å²) >= 11 is 6.24. The van der Waals surface area contributed by atoms with Crippen LogP contribution in [0.1, 0.15) is 31.4 Å². The summed E-state index contributed by atoms with van der Waals surface area (Å²) in [6.45, 7) is 3.43. The van der Waals surface area contributed by atoms with Crippen LogP contribution in [-0.2, 0) is 32.6 Å². The lowest BCUT2D eigenvalue weighted by atomic mass is 10.0. The summed E-state index contributed by atoms with van der Waals surface area (Å²) < 4.78 is 31.9. The number of halogens is 1. The van der Waals surface area contributed by atoms with E-state index in [0.29, 0.717) is 28.4 Å². The lowest BCUT2D eigenvalue weighted by Gasteiger charge is -2.34. The molecule has 0 radical (unpaired) electrons. The van der Waals surface area contributed by atoms with Crippen LogP contribution in [0, 0.1) is 0 Å². The van der Waals surface area contributed by atoms with Crippen molar-refractivity contribution in [2.45, 2.75) is 45.3 Å².